The molecule has 0 aliphatic heterocycles. The Morgan fingerprint density at radius 2 is 2.00 bits per heavy atom. The number of benzene rings is 1. The maximum atomic E-state index is 5.94. The smallest absolute Gasteiger partial charge is 0.160 e. The molecule has 0 aliphatic rings. The Balaban J connectivity index is 2.20. The van der Waals surface area contributed by atoms with E-state index in [-0.39, 0.29) is 0 Å². The van der Waals surface area contributed by atoms with Gasteiger partial charge in [0.25, 0.3) is 0 Å². The first kappa shape index (κ1) is 13.3. The van der Waals surface area contributed by atoms with E-state index in [0.29, 0.717) is 15.5 Å². The Labute approximate surface area is 119 Å². The van der Waals surface area contributed by atoms with E-state index < -0.39 is 0 Å². The number of aromatic nitrogens is 2. The third-order valence-corrected chi connectivity index (χ3v) is 3.38. The first-order chi connectivity index (χ1) is 8.70. The van der Waals surface area contributed by atoms with Crippen molar-refractivity contribution >= 4 is 27.5 Å². The number of rotatable bonds is 4. The molecule has 18 heavy (non-hydrogen) atoms. The minimum Gasteiger partial charge on any atom is -0.494 e. The van der Waals surface area contributed by atoms with E-state index in [9.17, 15) is 0 Å². The van der Waals surface area contributed by atoms with Crippen LogP contribution in [0.25, 0.3) is 11.4 Å². The van der Waals surface area contributed by atoms with E-state index in [2.05, 4.69) is 32.8 Å². The van der Waals surface area contributed by atoms with Gasteiger partial charge in [0, 0.05) is 11.8 Å². The number of ether oxygens (including phenoxy) is 1. The van der Waals surface area contributed by atoms with E-state index >= 15 is 0 Å². The summed E-state index contributed by atoms with van der Waals surface area (Å²) in [5.74, 6) is 1.45. The molecule has 0 saturated carbocycles. The molecular weight excluding hydrogens is 316 g/mol. The Kier molecular flexibility index (Phi) is 4.55. The van der Waals surface area contributed by atoms with Crippen LogP contribution in [0.15, 0.2) is 34.9 Å². The van der Waals surface area contributed by atoms with Gasteiger partial charge in [-0.3, -0.25) is 0 Å². The van der Waals surface area contributed by atoms with Gasteiger partial charge in [0.2, 0.25) is 0 Å². The molecule has 0 N–H and O–H groups in total. The van der Waals surface area contributed by atoms with Gasteiger partial charge in [-0.2, -0.15) is 0 Å². The Bertz CT molecular complexity index is 531. The monoisotopic (exact) mass is 326 g/mol. The molecule has 0 amide bonds. The van der Waals surface area contributed by atoms with Crippen LogP contribution in [0.1, 0.15) is 13.3 Å². The fraction of sp³-hybridized carbons (Fsp3) is 0.231. The first-order valence-corrected chi connectivity index (χ1v) is 6.79. The van der Waals surface area contributed by atoms with Gasteiger partial charge in [-0.25, -0.2) is 9.97 Å². The Hall–Kier alpha value is -1.13. The summed E-state index contributed by atoms with van der Waals surface area (Å²) in [4.78, 5) is 8.42. The lowest BCUT2D eigenvalue weighted by molar-refractivity contribution is 0.317. The molecular formula is C13H12BrClN2O. The molecule has 2 rings (SSSR count). The van der Waals surface area contributed by atoms with E-state index in [1.807, 2.05) is 24.3 Å². The molecule has 0 saturated heterocycles. The van der Waals surface area contributed by atoms with Crippen LogP contribution in [0, 0.1) is 0 Å². The van der Waals surface area contributed by atoms with Crippen LogP contribution in [-0.2, 0) is 0 Å². The minimum absolute atomic E-state index is 0.409. The zero-order chi connectivity index (χ0) is 13.0. The molecule has 0 aliphatic carbocycles. The fourth-order valence-electron chi connectivity index (χ4n) is 1.41. The first-order valence-electron chi connectivity index (χ1n) is 5.62. The minimum atomic E-state index is 0.409. The van der Waals surface area contributed by atoms with Gasteiger partial charge in [-0.15, -0.1) is 0 Å². The molecule has 0 bridgehead atoms. The average Bonchev–Trinajstić information content (AvgIpc) is 2.40. The summed E-state index contributed by atoms with van der Waals surface area (Å²) in [5, 5.41) is 0.409. The van der Waals surface area contributed by atoms with Crippen molar-refractivity contribution in [3.63, 3.8) is 0 Å². The van der Waals surface area contributed by atoms with Gasteiger partial charge in [0.05, 0.1) is 11.1 Å². The maximum absolute atomic E-state index is 5.94. The lowest BCUT2D eigenvalue weighted by Crippen LogP contribution is -1.95. The average molecular weight is 328 g/mol. The molecule has 94 valence electrons. The third-order valence-electron chi connectivity index (χ3n) is 2.29. The number of nitrogens with zero attached hydrogens (tertiary/aromatic N) is 2. The third kappa shape index (κ3) is 3.21. The highest BCUT2D eigenvalue weighted by Gasteiger charge is 2.05. The molecule has 2 aromatic rings. The summed E-state index contributed by atoms with van der Waals surface area (Å²) in [5.41, 5.74) is 0.910. The van der Waals surface area contributed by atoms with Gasteiger partial charge in [-0.1, -0.05) is 18.5 Å². The molecule has 0 atom stereocenters. The molecule has 5 heteroatoms. The Morgan fingerprint density at radius 3 is 2.61 bits per heavy atom. The van der Waals surface area contributed by atoms with Crippen LogP contribution in [-0.4, -0.2) is 16.6 Å². The molecule has 1 aromatic heterocycles. The van der Waals surface area contributed by atoms with Crippen LogP contribution < -0.4 is 4.74 Å². The van der Waals surface area contributed by atoms with Crippen LogP contribution in [0.2, 0.25) is 5.15 Å². The largest absolute Gasteiger partial charge is 0.494 e. The SMILES string of the molecule is CCCOc1ccc(-c2ncc(Br)c(Cl)n2)cc1. The van der Waals surface area contributed by atoms with Crippen molar-refractivity contribution < 1.29 is 4.74 Å². The van der Waals surface area contributed by atoms with E-state index in [0.717, 1.165) is 24.3 Å². The van der Waals surface area contributed by atoms with Gasteiger partial charge in [0.15, 0.2) is 5.82 Å². The highest BCUT2D eigenvalue weighted by atomic mass is 79.9. The second-order valence-corrected chi connectivity index (χ2v) is 4.92. The molecule has 0 spiro atoms. The highest BCUT2D eigenvalue weighted by molar-refractivity contribution is 9.10. The van der Waals surface area contributed by atoms with E-state index in [4.69, 9.17) is 16.3 Å². The van der Waals surface area contributed by atoms with Crippen molar-refractivity contribution in [3.05, 3.63) is 40.1 Å². The highest BCUT2D eigenvalue weighted by Crippen LogP contribution is 2.24. The molecule has 1 aromatic carbocycles. The predicted octanol–water partition coefficient (Wildman–Crippen LogP) is 4.35. The van der Waals surface area contributed by atoms with Crippen LogP contribution in [0.5, 0.6) is 5.75 Å². The summed E-state index contributed by atoms with van der Waals surface area (Å²) in [6.07, 6.45) is 2.64. The van der Waals surface area contributed by atoms with Gasteiger partial charge >= 0.3 is 0 Å². The normalized spacial score (nSPS) is 10.4. The van der Waals surface area contributed by atoms with Crippen molar-refractivity contribution in [2.24, 2.45) is 0 Å². The Morgan fingerprint density at radius 1 is 1.28 bits per heavy atom. The second-order valence-electron chi connectivity index (χ2n) is 3.71. The zero-order valence-electron chi connectivity index (χ0n) is 9.86. The van der Waals surface area contributed by atoms with Crippen molar-refractivity contribution in [2.45, 2.75) is 13.3 Å². The standard InChI is InChI=1S/C13H12BrClN2O/c1-2-7-18-10-5-3-9(4-6-10)13-16-8-11(14)12(15)17-13/h3-6,8H,2,7H2,1H3. The molecule has 0 fully saturated rings. The van der Waals surface area contributed by atoms with Crippen molar-refractivity contribution in [1.82, 2.24) is 9.97 Å². The summed E-state index contributed by atoms with van der Waals surface area (Å²) in [6.45, 7) is 2.80. The van der Waals surface area contributed by atoms with Gasteiger partial charge in [-0.05, 0) is 46.6 Å². The van der Waals surface area contributed by atoms with Crippen molar-refractivity contribution in [2.75, 3.05) is 6.61 Å². The maximum Gasteiger partial charge on any atom is 0.160 e. The number of hydrogen-bond acceptors (Lipinski definition) is 3. The second kappa shape index (κ2) is 6.16. The molecule has 1 heterocycles. The quantitative estimate of drug-likeness (QED) is 0.783. The summed E-state index contributed by atoms with van der Waals surface area (Å²) in [7, 11) is 0. The predicted molar refractivity (Wildman–Crippen MR) is 76.0 cm³/mol. The summed E-state index contributed by atoms with van der Waals surface area (Å²) >= 11 is 9.21. The van der Waals surface area contributed by atoms with Crippen LogP contribution >= 0.6 is 27.5 Å². The van der Waals surface area contributed by atoms with Crippen LogP contribution in [0.3, 0.4) is 0 Å². The lowest BCUT2D eigenvalue weighted by atomic mass is 10.2. The molecule has 0 unspecified atom stereocenters. The fourth-order valence-corrected chi connectivity index (χ4v) is 1.73. The lowest BCUT2D eigenvalue weighted by Gasteiger charge is -2.05. The summed E-state index contributed by atoms with van der Waals surface area (Å²) < 4.78 is 6.21. The molecule has 3 nitrogen and oxygen atoms in total. The van der Waals surface area contributed by atoms with Crippen LogP contribution in [0.4, 0.5) is 0 Å². The van der Waals surface area contributed by atoms with Gasteiger partial charge < -0.3 is 4.74 Å². The number of halogens is 2. The van der Waals surface area contributed by atoms with E-state index in [1.165, 1.54) is 0 Å². The number of hydrogen-bond donors (Lipinski definition) is 0. The zero-order valence-corrected chi connectivity index (χ0v) is 12.2. The molecule has 0 radical (unpaired) electrons. The topological polar surface area (TPSA) is 35.0 Å². The van der Waals surface area contributed by atoms with Crippen molar-refractivity contribution in [3.8, 4) is 17.1 Å². The van der Waals surface area contributed by atoms with Crippen molar-refractivity contribution in [1.29, 1.82) is 0 Å². The van der Waals surface area contributed by atoms with E-state index in [1.54, 1.807) is 6.20 Å². The van der Waals surface area contributed by atoms with Gasteiger partial charge in [0.1, 0.15) is 10.9 Å². The summed E-state index contributed by atoms with van der Waals surface area (Å²) in [6, 6.07) is 7.66.